The molecule has 4 heteroatoms. The van der Waals surface area contributed by atoms with Crippen LogP contribution >= 0.6 is 0 Å². The summed E-state index contributed by atoms with van der Waals surface area (Å²) in [4.78, 5) is 10.4. The van der Waals surface area contributed by atoms with Crippen LogP contribution in [0.3, 0.4) is 0 Å². The summed E-state index contributed by atoms with van der Waals surface area (Å²) < 4.78 is 0. The smallest absolute Gasteiger partial charge is 0.235 e. The molecule has 1 aromatic heterocycles. The van der Waals surface area contributed by atoms with E-state index in [2.05, 4.69) is 53.2 Å². The van der Waals surface area contributed by atoms with Crippen LogP contribution in [-0.2, 0) is 0 Å². The van der Waals surface area contributed by atoms with Crippen LogP contribution in [0.4, 0.5) is 5.69 Å². The van der Waals surface area contributed by atoms with E-state index >= 15 is 0 Å². The molecule has 1 aromatic carbocycles. The Labute approximate surface area is 107 Å². The number of nitrogens with one attached hydrogen (secondary N) is 3. The zero-order chi connectivity index (χ0) is 13.0. The monoisotopic (exact) mass is 243 g/mol. The summed E-state index contributed by atoms with van der Waals surface area (Å²) >= 11 is 0. The number of rotatable bonds is 3. The normalized spacial score (nSPS) is 11.9. The standard InChI is InChI=1S/C14H18N4/c1-14(2,3)18-10-16-12-6-4-11(5-7-12)13-8-15-9-17-13/h4-10H,1-3H3,(H,15,17)(H,16,18)/p+1. The first-order valence-electron chi connectivity index (χ1n) is 5.99. The lowest BCUT2D eigenvalue weighted by Gasteiger charge is -2.07. The summed E-state index contributed by atoms with van der Waals surface area (Å²) in [6.07, 6.45) is 5.36. The lowest BCUT2D eigenvalue weighted by atomic mass is 10.1. The molecule has 94 valence electrons. The van der Waals surface area contributed by atoms with Gasteiger partial charge in [-0.15, -0.1) is 0 Å². The van der Waals surface area contributed by atoms with E-state index in [4.69, 9.17) is 0 Å². The number of nitrogens with zero attached hydrogens (tertiary/aromatic N) is 1. The molecule has 0 radical (unpaired) electrons. The Morgan fingerprint density at radius 2 is 1.94 bits per heavy atom. The molecule has 4 nitrogen and oxygen atoms in total. The molecular formula is C14H19N4+. The minimum Gasteiger partial charge on any atom is -0.345 e. The summed E-state index contributed by atoms with van der Waals surface area (Å²) in [6, 6.07) is 8.19. The van der Waals surface area contributed by atoms with Gasteiger partial charge in [0.1, 0.15) is 5.69 Å². The largest absolute Gasteiger partial charge is 0.345 e. The maximum atomic E-state index is 4.01. The van der Waals surface area contributed by atoms with Crippen LogP contribution in [0, 0.1) is 0 Å². The first-order valence-corrected chi connectivity index (χ1v) is 5.99. The molecule has 18 heavy (non-hydrogen) atoms. The van der Waals surface area contributed by atoms with E-state index in [1.54, 1.807) is 6.33 Å². The molecule has 2 aromatic rings. The Hall–Kier alpha value is -2.10. The molecule has 0 spiro atoms. The van der Waals surface area contributed by atoms with Gasteiger partial charge in [0.15, 0.2) is 0 Å². The SMILES string of the molecule is CC(C)(C)[NH+]=CNc1ccc(-c2cnc[nH]2)cc1. The maximum absolute atomic E-state index is 4.01. The fourth-order valence-corrected chi connectivity index (χ4v) is 1.50. The quantitative estimate of drug-likeness (QED) is 0.564. The molecule has 0 fully saturated rings. The van der Waals surface area contributed by atoms with Crippen molar-refractivity contribution in [2.45, 2.75) is 26.3 Å². The van der Waals surface area contributed by atoms with Gasteiger partial charge in [0.05, 0.1) is 23.8 Å². The molecular weight excluding hydrogens is 224 g/mol. The molecule has 0 aliphatic rings. The number of aromatic nitrogens is 2. The Kier molecular flexibility index (Phi) is 3.46. The molecule has 1 heterocycles. The lowest BCUT2D eigenvalue weighted by molar-refractivity contribution is -0.534. The van der Waals surface area contributed by atoms with Crippen LogP contribution in [0.1, 0.15) is 20.8 Å². The minimum absolute atomic E-state index is 0.0723. The number of H-pyrrole nitrogens is 1. The van der Waals surface area contributed by atoms with Crippen molar-refractivity contribution in [2.24, 2.45) is 0 Å². The summed E-state index contributed by atoms with van der Waals surface area (Å²) in [6.45, 7) is 6.35. The molecule has 0 unspecified atom stereocenters. The van der Waals surface area contributed by atoms with E-state index < -0.39 is 0 Å². The summed E-state index contributed by atoms with van der Waals surface area (Å²) in [7, 11) is 0. The third-order valence-electron chi connectivity index (χ3n) is 2.44. The second kappa shape index (κ2) is 5.04. The van der Waals surface area contributed by atoms with Gasteiger partial charge in [0.2, 0.25) is 6.34 Å². The van der Waals surface area contributed by atoms with Crippen LogP contribution in [0.25, 0.3) is 11.3 Å². The highest BCUT2D eigenvalue weighted by atomic mass is 15.0. The van der Waals surface area contributed by atoms with Gasteiger partial charge in [0, 0.05) is 0 Å². The average Bonchev–Trinajstić information content (AvgIpc) is 2.82. The third kappa shape index (κ3) is 3.45. The van der Waals surface area contributed by atoms with Crippen molar-refractivity contribution < 1.29 is 4.99 Å². The van der Waals surface area contributed by atoms with Gasteiger partial charge >= 0.3 is 0 Å². The van der Waals surface area contributed by atoms with Gasteiger partial charge in [0.25, 0.3) is 0 Å². The number of imidazole rings is 1. The zero-order valence-electron chi connectivity index (χ0n) is 11.0. The van der Waals surface area contributed by atoms with Crippen molar-refractivity contribution >= 4 is 12.0 Å². The second-order valence-electron chi connectivity index (χ2n) is 5.23. The van der Waals surface area contributed by atoms with Crippen LogP contribution < -0.4 is 10.3 Å². The van der Waals surface area contributed by atoms with E-state index in [0.717, 1.165) is 16.9 Å². The van der Waals surface area contributed by atoms with Gasteiger partial charge < -0.3 is 4.98 Å². The van der Waals surface area contributed by atoms with Gasteiger partial charge in [-0.2, -0.15) is 0 Å². The van der Waals surface area contributed by atoms with Gasteiger partial charge in [-0.3, -0.25) is 4.99 Å². The average molecular weight is 243 g/mol. The van der Waals surface area contributed by atoms with E-state index in [9.17, 15) is 0 Å². The van der Waals surface area contributed by atoms with Crippen molar-refractivity contribution in [1.82, 2.24) is 9.97 Å². The highest BCUT2D eigenvalue weighted by Gasteiger charge is 2.07. The molecule has 0 aliphatic carbocycles. The predicted octanol–water partition coefficient (Wildman–Crippen LogP) is 1.40. The van der Waals surface area contributed by atoms with Crippen LogP contribution in [0.2, 0.25) is 0 Å². The zero-order valence-corrected chi connectivity index (χ0v) is 11.0. The number of benzene rings is 1. The molecule has 3 N–H and O–H groups in total. The first kappa shape index (κ1) is 12.4. The molecule has 0 amide bonds. The molecule has 0 saturated carbocycles. The topological polar surface area (TPSA) is 54.7 Å². The molecule has 2 rings (SSSR count). The van der Waals surface area contributed by atoms with Crippen molar-refractivity contribution in [1.29, 1.82) is 0 Å². The Balaban J connectivity index is 2.03. The maximum Gasteiger partial charge on any atom is 0.235 e. The summed E-state index contributed by atoms with van der Waals surface area (Å²) in [5, 5.41) is 3.21. The summed E-state index contributed by atoms with van der Waals surface area (Å²) in [5.74, 6) is 0. The Morgan fingerprint density at radius 1 is 1.22 bits per heavy atom. The van der Waals surface area contributed by atoms with Crippen LogP contribution in [0.15, 0.2) is 36.8 Å². The van der Waals surface area contributed by atoms with Crippen molar-refractivity contribution in [3.05, 3.63) is 36.8 Å². The highest BCUT2D eigenvalue weighted by molar-refractivity contribution is 5.73. The molecule has 0 saturated heterocycles. The number of aromatic amines is 1. The van der Waals surface area contributed by atoms with Crippen LogP contribution in [-0.4, -0.2) is 21.8 Å². The highest BCUT2D eigenvalue weighted by Crippen LogP contribution is 2.18. The molecule has 0 bridgehead atoms. The minimum atomic E-state index is 0.0723. The lowest BCUT2D eigenvalue weighted by Crippen LogP contribution is -2.82. The number of hydrogen-bond acceptors (Lipinski definition) is 1. The van der Waals surface area contributed by atoms with Crippen molar-refractivity contribution in [3.8, 4) is 11.3 Å². The first-order chi connectivity index (χ1) is 8.54. The van der Waals surface area contributed by atoms with Crippen molar-refractivity contribution in [2.75, 3.05) is 5.32 Å². The predicted molar refractivity (Wildman–Crippen MR) is 74.4 cm³/mol. The van der Waals surface area contributed by atoms with Crippen LogP contribution in [0.5, 0.6) is 0 Å². The molecule has 0 aliphatic heterocycles. The van der Waals surface area contributed by atoms with Gasteiger partial charge in [-0.25, -0.2) is 10.3 Å². The number of anilines is 1. The van der Waals surface area contributed by atoms with Gasteiger partial charge in [-0.1, -0.05) is 0 Å². The van der Waals surface area contributed by atoms with Gasteiger partial charge in [-0.05, 0) is 50.6 Å². The Morgan fingerprint density at radius 3 is 2.50 bits per heavy atom. The third-order valence-corrected chi connectivity index (χ3v) is 2.44. The van der Waals surface area contributed by atoms with E-state index in [1.807, 2.05) is 24.7 Å². The van der Waals surface area contributed by atoms with E-state index in [-0.39, 0.29) is 5.54 Å². The summed E-state index contributed by atoms with van der Waals surface area (Å²) in [5.41, 5.74) is 3.28. The van der Waals surface area contributed by atoms with Crippen molar-refractivity contribution in [3.63, 3.8) is 0 Å². The van der Waals surface area contributed by atoms with E-state index in [0.29, 0.717) is 0 Å². The number of hydrogen-bond donors (Lipinski definition) is 3. The fraction of sp³-hybridized carbons (Fsp3) is 0.286. The molecule has 0 atom stereocenters. The van der Waals surface area contributed by atoms with E-state index in [1.165, 1.54) is 0 Å². The Bertz CT molecular complexity index is 504. The second-order valence-corrected chi connectivity index (χ2v) is 5.23. The fourth-order valence-electron chi connectivity index (χ4n) is 1.50.